The van der Waals surface area contributed by atoms with Crippen molar-refractivity contribution in [3.05, 3.63) is 48.0 Å². The number of nitrogens with zero attached hydrogens (tertiary/aromatic N) is 1. The third-order valence-electron chi connectivity index (χ3n) is 3.32. The standard InChI is InChI=1S/C15H21N3O/c1-4-14(15-16-9-10-17-15)18-11(2)12-5-7-13(19-3)8-6-12/h5-11,14,18H,4H2,1-3H3,(H,16,17). The Morgan fingerprint density at radius 3 is 2.58 bits per heavy atom. The molecule has 0 saturated carbocycles. The lowest BCUT2D eigenvalue weighted by molar-refractivity contribution is 0.413. The molecule has 102 valence electrons. The van der Waals surface area contributed by atoms with Crippen LogP contribution in [0.5, 0.6) is 5.75 Å². The highest BCUT2D eigenvalue weighted by atomic mass is 16.5. The zero-order valence-corrected chi connectivity index (χ0v) is 11.7. The number of aromatic amines is 1. The van der Waals surface area contributed by atoms with Gasteiger partial charge in [0.05, 0.1) is 13.2 Å². The van der Waals surface area contributed by atoms with Gasteiger partial charge >= 0.3 is 0 Å². The monoisotopic (exact) mass is 259 g/mol. The van der Waals surface area contributed by atoms with Gasteiger partial charge in [0.15, 0.2) is 0 Å². The molecular formula is C15H21N3O. The summed E-state index contributed by atoms with van der Waals surface area (Å²) in [5.41, 5.74) is 1.24. The number of H-pyrrole nitrogens is 1. The first kappa shape index (κ1) is 13.6. The van der Waals surface area contributed by atoms with Crippen molar-refractivity contribution in [2.45, 2.75) is 32.4 Å². The van der Waals surface area contributed by atoms with E-state index in [2.05, 4.69) is 41.3 Å². The van der Waals surface area contributed by atoms with Crippen LogP contribution < -0.4 is 10.1 Å². The highest BCUT2D eigenvalue weighted by molar-refractivity contribution is 5.28. The number of rotatable bonds is 6. The summed E-state index contributed by atoms with van der Waals surface area (Å²) >= 11 is 0. The van der Waals surface area contributed by atoms with Crippen molar-refractivity contribution in [1.29, 1.82) is 0 Å². The first-order chi connectivity index (χ1) is 9.24. The summed E-state index contributed by atoms with van der Waals surface area (Å²) in [6.45, 7) is 4.31. The molecule has 4 heteroatoms. The van der Waals surface area contributed by atoms with Gasteiger partial charge in [0.2, 0.25) is 0 Å². The fourth-order valence-corrected chi connectivity index (χ4v) is 2.15. The van der Waals surface area contributed by atoms with Crippen LogP contribution >= 0.6 is 0 Å². The lowest BCUT2D eigenvalue weighted by atomic mass is 10.1. The third kappa shape index (κ3) is 3.35. The van der Waals surface area contributed by atoms with Gasteiger partial charge in [0.1, 0.15) is 11.6 Å². The Bertz CT molecular complexity index is 479. The summed E-state index contributed by atoms with van der Waals surface area (Å²) in [5, 5.41) is 3.59. The average Bonchev–Trinajstić information content (AvgIpc) is 2.98. The Balaban J connectivity index is 2.04. The summed E-state index contributed by atoms with van der Waals surface area (Å²) in [4.78, 5) is 7.49. The van der Waals surface area contributed by atoms with Crippen molar-refractivity contribution in [1.82, 2.24) is 15.3 Å². The van der Waals surface area contributed by atoms with E-state index in [1.54, 1.807) is 13.3 Å². The van der Waals surface area contributed by atoms with E-state index >= 15 is 0 Å². The van der Waals surface area contributed by atoms with Gasteiger partial charge in [-0.25, -0.2) is 4.98 Å². The Labute approximate surface area is 114 Å². The maximum absolute atomic E-state index is 5.17. The number of hydrogen-bond acceptors (Lipinski definition) is 3. The van der Waals surface area contributed by atoms with Crippen molar-refractivity contribution in [2.24, 2.45) is 0 Å². The van der Waals surface area contributed by atoms with E-state index in [9.17, 15) is 0 Å². The second-order valence-electron chi connectivity index (χ2n) is 4.60. The minimum atomic E-state index is 0.243. The van der Waals surface area contributed by atoms with Gasteiger partial charge in [-0.3, -0.25) is 0 Å². The van der Waals surface area contributed by atoms with Crippen LogP contribution in [-0.2, 0) is 0 Å². The number of imidazole rings is 1. The molecule has 0 aliphatic carbocycles. The summed E-state index contributed by atoms with van der Waals surface area (Å²) in [5.74, 6) is 1.87. The molecule has 1 aromatic carbocycles. The number of methoxy groups -OCH3 is 1. The predicted octanol–water partition coefficient (Wildman–Crippen LogP) is 3.22. The quantitative estimate of drug-likeness (QED) is 0.837. The van der Waals surface area contributed by atoms with Crippen molar-refractivity contribution >= 4 is 0 Å². The van der Waals surface area contributed by atoms with Crippen LogP contribution in [0.2, 0.25) is 0 Å². The molecule has 2 N–H and O–H groups in total. The summed E-state index contributed by atoms with van der Waals surface area (Å²) < 4.78 is 5.17. The molecule has 19 heavy (non-hydrogen) atoms. The molecule has 0 aliphatic rings. The number of hydrogen-bond donors (Lipinski definition) is 2. The normalized spacial score (nSPS) is 14.1. The van der Waals surface area contributed by atoms with Crippen molar-refractivity contribution in [2.75, 3.05) is 7.11 Å². The Morgan fingerprint density at radius 1 is 1.32 bits per heavy atom. The molecule has 1 heterocycles. The van der Waals surface area contributed by atoms with Gasteiger partial charge in [0.25, 0.3) is 0 Å². The number of nitrogens with one attached hydrogen (secondary N) is 2. The Kier molecular flexibility index (Phi) is 4.58. The summed E-state index contributed by atoms with van der Waals surface area (Å²) in [7, 11) is 1.68. The maximum Gasteiger partial charge on any atom is 0.123 e. The zero-order valence-electron chi connectivity index (χ0n) is 11.7. The molecule has 0 radical (unpaired) electrons. The molecule has 0 spiro atoms. The number of aromatic nitrogens is 2. The van der Waals surface area contributed by atoms with E-state index in [0.717, 1.165) is 18.0 Å². The molecule has 0 saturated heterocycles. The second kappa shape index (κ2) is 6.38. The Hall–Kier alpha value is -1.81. The fraction of sp³-hybridized carbons (Fsp3) is 0.400. The van der Waals surface area contributed by atoms with Crippen LogP contribution in [0.3, 0.4) is 0 Å². The van der Waals surface area contributed by atoms with E-state index < -0.39 is 0 Å². The fourth-order valence-electron chi connectivity index (χ4n) is 2.15. The van der Waals surface area contributed by atoms with E-state index in [1.165, 1.54) is 5.56 Å². The third-order valence-corrected chi connectivity index (χ3v) is 3.32. The van der Waals surface area contributed by atoms with E-state index in [-0.39, 0.29) is 12.1 Å². The lowest BCUT2D eigenvalue weighted by Gasteiger charge is -2.21. The molecule has 0 amide bonds. The second-order valence-corrected chi connectivity index (χ2v) is 4.60. The zero-order chi connectivity index (χ0) is 13.7. The van der Waals surface area contributed by atoms with Crippen molar-refractivity contribution in [3.63, 3.8) is 0 Å². The summed E-state index contributed by atoms with van der Waals surface area (Å²) in [6, 6.07) is 8.66. The summed E-state index contributed by atoms with van der Waals surface area (Å²) in [6.07, 6.45) is 4.64. The van der Waals surface area contributed by atoms with Gasteiger partial charge in [0, 0.05) is 18.4 Å². The SMILES string of the molecule is CCC(NC(C)c1ccc(OC)cc1)c1ncc[nH]1. The molecule has 4 nitrogen and oxygen atoms in total. The van der Waals surface area contributed by atoms with Crippen LogP contribution in [-0.4, -0.2) is 17.1 Å². The van der Waals surface area contributed by atoms with Crippen LogP contribution in [0.15, 0.2) is 36.7 Å². The van der Waals surface area contributed by atoms with Gasteiger partial charge in [-0.2, -0.15) is 0 Å². The van der Waals surface area contributed by atoms with Gasteiger partial charge in [-0.05, 0) is 31.0 Å². The Morgan fingerprint density at radius 2 is 2.05 bits per heavy atom. The maximum atomic E-state index is 5.17. The predicted molar refractivity (Wildman–Crippen MR) is 76.2 cm³/mol. The highest BCUT2D eigenvalue weighted by Gasteiger charge is 2.15. The number of ether oxygens (including phenoxy) is 1. The molecular weight excluding hydrogens is 238 g/mol. The topological polar surface area (TPSA) is 49.9 Å². The van der Waals surface area contributed by atoms with Crippen molar-refractivity contribution in [3.8, 4) is 5.75 Å². The van der Waals surface area contributed by atoms with Gasteiger partial charge in [-0.1, -0.05) is 19.1 Å². The van der Waals surface area contributed by atoms with E-state index in [4.69, 9.17) is 4.74 Å². The van der Waals surface area contributed by atoms with Crippen LogP contribution in [0.4, 0.5) is 0 Å². The molecule has 2 rings (SSSR count). The first-order valence-electron chi connectivity index (χ1n) is 6.63. The first-order valence-corrected chi connectivity index (χ1v) is 6.63. The minimum Gasteiger partial charge on any atom is -0.497 e. The smallest absolute Gasteiger partial charge is 0.123 e. The molecule has 0 fully saturated rings. The van der Waals surface area contributed by atoms with E-state index in [0.29, 0.717) is 0 Å². The van der Waals surface area contributed by atoms with Crippen LogP contribution in [0.25, 0.3) is 0 Å². The van der Waals surface area contributed by atoms with E-state index in [1.807, 2.05) is 18.3 Å². The molecule has 2 aromatic rings. The largest absolute Gasteiger partial charge is 0.497 e. The molecule has 0 aliphatic heterocycles. The van der Waals surface area contributed by atoms with Crippen molar-refractivity contribution < 1.29 is 4.74 Å². The molecule has 1 aromatic heterocycles. The van der Waals surface area contributed by atoms with Gasteiger partial charge < -0.3 is 15.0 Å². The average molecular weight is 259 g/mol. The molecule has 2 atom stereocenters. The lowest BCUT2D eigenvalue weighted by Crippen LogP contribution is -2.25. The minimum absolute atomic E-state index is 0.243. The number of benzene rings is 1. The molecule has 0 bridgehead atoms. The molecule has 2 unspecified atom stereocenters. The van der Waals surface area contributed by atoms with Crippen LogP contribution in [0.1, 0.15) is 43.7 Å². The van der Waals surface area contributed by atoms with Gasteiger partial charge in [-0.15, -0.1) is 0 Å². The van der Waals surface area contributed by atoms with Crippen LogP contribution in [0, 0.1) is 0 Å². The highest BCUT2D eigenvalue weighted by Crippen LogP contribution is 2.21.